The van der Waals surface area contributed by atoms with Gasteiger partial charge in [0.1, 0.15) is 0 Å². The molecule has 0 aromatic heterocycles. The Morgan fingerprint density at radius 2 is 0.750 bits per heavy atom. The van der Waals surface area contributed by atoms with E-state index in [1.54, 1.807) is 0 Å². The fourth-order valence-corrected chi connectivity index (χ4v) is 5.70. The SMILES string of the molecule is COC(=O)c1c(C(=O)OC)c2ccc3ccc4ccc5ccc6ccc1c1c6c5c4c3c21. The molecule has 0 bridgehead atoms. The summed E-state index contributed by atoms with van der Waals surface area (Å²) in [6, 6.07) is 20.7. The lowest BCUT2D eigenvalue weighted by atomic mass is 9.80. The van der Waals surface area contributed by atoms with Crippen LogP contribution in [-0.2, 0) is 9.47 Å². The third-order valence-corrected chi connectivity index (χ3v) is 6.95. The highest BCUT2D eigenvalue weighted by Gasteiger charge is 2.29. The van der Waals surface area contributed by atoms with E-state index in [2.05, 4.69) is 36.4 Å². The summed E-state index contributed by atoms with van der Waals surface area (Å²) in [6.45, 7) is 0. The first-order chi connectivity index (χ1) is 15.6. The molecule has 0 amide bonds. The van der Waals surface area contributed by atoms with Gasteiger partial charge in [-0.1, -0.05) is 60.7 Å². The highest BCUT2D eigenvalue weighted by molar-refractivity contribution is 6.46. The smallest absolute Gasteiger partial charge is 0.339 e. The summed E-state index contributed by atoms with van der Waals surface area (Å²) in [4.78, 5) is 26.0. The first-order valence-electron chi connectivity index (χ1n) is 10.4. The summed E-state index contributed by atoms with van der Waals surface area (Å²) in [5.74, 6) is -1.09. The molecule has 4 nitrogen and oxygen atoms in total. The molecular weight excluding hydrogens is 400 g/mol. The van der Waals surface area contributed by atoms with E-state index in [4.69, 9.17) is 9.47 Å². The second-order valence-electron chi connectivity index (χ2n) is 8.30. The molecule has 0 atom stereocenters. The summed E-state index contributed by atoms with van der Waals surface area (Å²) in [6.07, 6.45) is 0. The Bertz CT molecular complexity index is 1730. The molecule has 7 aromatic carbocycles. The number of carbonyl (C=O) groups is 2. The first kappa shape index (κ1) is 17.5. The largest absolute Gasteiger partial charge is 0.465 e. The Morgan fingerprint density at radius 3 is 1.06 bits per heavy atom. The maximum atomic E-state index is 13.0. The normalized spacial score (nSPS) is 12.3. The van der Waals surface area contributed by atoms with Gasteiger partial charge in [0.05, 0.1) is 25.3 Å². The van der Waals surface area contributed by atoms with Crippen molar-refractivity contribution in [2.45, 2.75) is 0 Å². The van der Waals surface area contributed by atoms with Gasteiger partial charge in [0.25, 0.3) is 0 Å². The van der Waals surface area contributed by atoms with Gasteiger partial charge < -0.3 is 9.47 Å². The van der Waals surface area contributed by atoms with Crippen molar-refractivity contribution in [3.63, 3.8) is 0 Å². The second-order valence-corrected chi connectivity index (χ2v) is 8.30. The molecule has 4 heteroatoms. The molecule has 0 aliphatic carbocycles. The molecule has 152 valence electrons. The number of esters is 2. The average molecular weight is 416 g/mol. The number of carbonyl (C=O) groups excluding carboxylic acids is 2. The van der Waals surface area contributed by atoms with Crippen molar-refractivity contribution in [1.82, 2.24) is 0 Å². The minimum atomic E-state index is -0.545. The predicted octanol–water partition coefficient (Wildman–Crippen LogP) is 6.49. The zero-order valence-electron chi connectivity index (χ0n) is 17.4. The number of ether oxygens (including phenoxy) is 2. The van der Waals surface area contributed by atoms with Crippen LogP contribution in [0.1, 0.15) is 20.7 Å². The molecule has 0 fully saturated rings. The van der Waals surface area contributed by atoms with Crippen LogP contribution in [0.15, 0.2) is 60.7 Å². The zero-order chi connectivity index (χ0) is 21.7. The standard InChI is InChI=1S/C28H16O4/c1-31-27(29)25-17-11-9-15-7-5-13-3-4-14-6-8-16-10-12-18(26(25)28(30)32-2)24-22(16)20(14)19(13)21(15)23(17)24/h3-12H,1-2H3. The molecule has 0 N–H and O–H groups in total. The van der Waals surface area contributed by atoms with E-state index in [1.807, 2.05) is 24.3 Å². The number of benzene rings is 7. The van der Waals surface area contributed by atoms with E-state index < -0.39 is 11.9 Å². The molecule has 0 aliphatic heterocycles. The van der Waals surface area contributed by atoms with Gasteiger partial charge in [-0.2, -0.15) is 0 Å². The lowest BCUT2D eigenvalue weighted by Gasteiger charge is -2.23. The maximum Gasteiger partial charge on any atom is 0.339 e. The van der Waals surface area contributed by atoms with Gasteiger partial charge in [-0.25, -0.2) is 9.59 Å². The molecule has 0 heterocycles. The molecule has 7 aromatic rings. The number of methoxy groups -OCH3 is 2. The molecule has 7 rings (SSSR count). The Balaban J connectivity index is 1.95. The number of rotatable bonds is 2. The molecule has 0 aliphatic rings. The van der Waals surface area contributed by atoms with Gasteiger partial charge in [-0.05, 0) is 64.6 Å². The van der Waals surface area contributed by atoms with Crippen molar-refractivity contribution in [1.29, 1.82) is 0 Å². The van der Waals surface area contributed by atoms with Gasteiger partial charge in [0.2, 0.25) is 0 Å². The summed E-state index contributed by atoms with van der Waals surface area (Å²) in [7, 11) is 2.67. The lowest BCUT2D eigenvalue weighted by Crippen LogP contribution is -2.14. The molecular formula is C28H16O4. The van der Waals surface area contributed by atoms with E-state index >= 15 is 0 Å². The maximum absolute atomic E-state index is 13.0. The number of hydrogen-bond acceptors (Lipinski definition) is 4. The van der Waals surface area contributed by atoms with E-state index in [0.29, 0.717) is 10.8 Å². The first-order valence-corrected chi connectivity index (χ1v) is 10.4. The second kappa shape index (κ2) is 5.74. The Kier molecular flexibility index (Phi) is 3.14. The van der Waals surface area contributed by atoms with Crippen LogP contribution in [0.4, 0.5) is 0 Å². The van der Waals surface area contributed by atoms with Crippen LogP contribution in [0.3, 0.4) is 0 Å². The van der Waals surface area contributed by atoms with Gasteiger partial charge >= 0.3 is 11.9 Å². The van der Waals surface area contributed by atoms with E-state index in [9.17, 15) is 9.59 Å². The Hall–Kier alpha value is -4.18. The molecule has 0 saturated heterocycles. The summed E-state index contributed by atoms with van der Waals surface area (Å²) >= 11 is 0. The summed E-state index contributed by atoms with van der Waals surface area (Å²) in [5.41, 5.74) is 0.512. The number of hydrogen-bond donors (Lipinski definition) is 0. The summed E-state index contributed by atoms with van der Waals surface area (Å²) < 4.78 is 10.3. The third-order valence-electron chi connectivity index (χ3n) is 6.95. The van der Waals surface area contributed by atoms with Crippen molar-refractivity contribution < 1.29 is 19.1 Å². The monoisotopic (exact) mass is 416 g/mol. The van der Waals surface area contributed by atoms with Crippen LogP contribution in [0.2, 0.25) is 0 Å². The molecule has 0 unspecified atom stereocenters. The summed E-state index contributed by atoms with van der Waals surface area (Å²) in [5, 5.41) is 12.5. The average Bonchev–Trinajstić information content (AvgIpc) is 2.85. The minimum Gasteiger partial charge on any atom is -0.465 e. The van der Waals surface area contributed by atoms with Gasteiger partial charge in [0, 0.05) is 0 Å². The Morgan fingerprint density at radius 1 is 0.469 bits per heavy atom. The fourth-order valence-electron chi connectivity index (χ4n) is 5.70. The topological polar surface area (TPSA) is 52.6 Å². The van der Waals surface area contributed by atoms with Crippen molar-refractivity contribution in [3.8, 4) is 0 Å². The van der Waals surface area contributed by atoms with Gasteiger partial charge in [0.15, 0.2) is 0 Å². The van der Waals surface area contributed by atoms with Crippen LogP contribution in [0.25, 0.3) is 64.6 Å². The van der Waals surface area contributed by atoms with E-state index in [-0.39, 0.29) is 11.1 Å². The highest BCUT2D eigenvalue weighted by atomic mass is 16.5. The lowest BCUT2D eigenvalue weighted by molar-refractivity contribution is 0.0559. The van der Waals surface area contributed by atoms with Crippen molar-refractivity contribution >= 4 is 76.6 Å². The third kappa shape index (κ3) is 1.85. The van der Waals surface area contributed by atoms with E-state index in [0.717, 1.165) is 43.1 Å². The zero-order valence-corrected chi connectivity index (χ0v) is 17.4. The minimum absolute atomic E-state index is 0.256. The van der Waals surface area contributed by atoms with Crippen LogP contribution >= 0.6 is 0 Å². The Labute approximate surface area is 181 Å². The van der Waals surface area contributed by atoms with Crippen molar-refractivity contribution in [3.05, 3.63) is 71.8 Å². The highest BCUT2D eigenvalue weighted by Crippen LogP contribution is 2.50. The molecule has 0 radical (unpaired) electrons. The van der Waals surface area contributed by atoms with Gasteiger partial charge in [-0.3, -0.25) is 0 Å². The van der Waals surface area contributed by atoms with Crippen molar-refractivity contribution in [2.24, 2.45) is 0 Å². The molecule has 0 spiro atoms. The van der Waals surface area contributed by atoms with Crippen LogP contribution in [0.5, 0.6) is 0 Å². The van der Waals surface area contributed by atoms with E-state index in [1.165, 1.54) is 25.0 Å². The van der Waals surface area contributed by atoms with Crippen molar-refractivity contribution in [2.75, 3.05) is 14.2 Å². The van der Waals surface area contributed by atoms with Crippen LogP contribution < -0.4 is 0 Å². The quantitative estimate of drug-likeness (QED) is 0.184. The van der Waals surface area contributed by atoms with Crippen LogP contribution in [-0.4, -0.2) is 26.2 Å². The predicted molar refractivity (Wildman–Crippen MR) is 128 cm³/mol. The molecule has 32 heavy (non-hydrogen) atoms. The van der Waals surface area contributed by atoms with Crippen LogP contribution in [0, 0.1) is 0 Å². The molecule has 0 saturated carbocycles. The fraction of sp³-hybridized carbons (Fsp3) is 0.0714. The van der Waals surface area contributed by atoms with Gasteiger partial charge in [-0.15, -0.1) is 0 Å².